The van der Waals surface area contributed by atoms with E-state index in [9.17, 15) is 25.9 Å². The molecule has 8 nitrogen and oxygen atoms in total. The van der Waals surface area contributed by atoms with E-state index in [-0.39, 0.29) is 5.56 Å². The molecule has 3 aromatic rings. The van der Waals surface area contributed by atoms with Crippen LogP contribution in [0.1, 0.15) is 35.1 Å². The highest BCUT2D eigenvalue weighted by atomic mass is 127. The second kappa shape index (κ2) is 8.35. The molecule has 0 unspecified atom stereocenters. The lowest BCUT2D eigenvalue weighted by atomic mass is 9.87. The molecule has 0 aromatic heterocycles. The summed E-state index contributed by atoms with van der Waals surface area (Å²) in [6, 6.07) is 10.8. The van der Waals surface area contributed by atoms with Gasteiger partial charge in [0.15, 0.2) is 0 Å². The van der Waals surface area contributed by atoms with Gasteiger partial charge in [-0.1, -0.05) is 6.07 Å². The predicted octanol–water partition coefficient (Wildman–Crippen LogP) is 2.52. The molecule has 11 heteroatoms. The maximum atomic E-state index is 12.5. The first kappa shape index (κ1) is 24.0. The summed E-state index contributed by atoms with van der Waals surface area (Å²) >= 11 is 2.18. The number of hydrogen-bond donors (Lipinski definition) is 2. The molecular formula is C25H21INO7S2+. The van der Waals surface area contributed by atoms with Gasteiger partial charge in [0.25, 0.3) is 20.2 Å². The largest absolute Gasteiger partial charge is 0.455 e. The summed E-state index contributed by atoms with van der Waals surface area (Å²) in [6.07, 6.45) is 3.68. The predicted molar refractivity (Wildman–Crippen MR) is 140 cm³/mol. The number of nitrogens with zero attached hydrogens (tertiary/aromatic N) is 1. The van der Waals surface area contributed by atoms with Gasteiger partial charge in [-0.05, 0) is 71.8 Å². The Bertz CT molecular complexity index is 1830. The normalized spacial score (nSPS) is 16.6. The van der Waals surface area contributed by atoms with Gasteiger partial charge < -0.3 is 4.74 Å². The molecule has 6 rings (SSSR count). The maximum Gasteiger partial charge on any atom is 0.295 e. The molecule has 3 aromatic carbocycles. The van der Waals surface area contributed by atoms with Crippen LogP contribution < -0.4 is 19.9 Å². The SMILES string of the molecule is O=S(=O)(O)c1ccc(C2=c3cc4c5c(c3Oc3cc(I)ccc32)CCC[N+]=5CCC4)c(S(=O)(=O)O)c1. The first-order chi connectivity index (χ1) is 17.0. The summed E-state index contributed by atoms with van der Waals surface area (Å²) in [7, 11) is -9.55. The van der Waals surface area contributed by atoms with Crippen LogP contribution in [0.25, 0.3) is 5.57 Å². The van der Waals surface area contributed by atoms with Crippen molar-refractivity contribution in [3.05, 3.63) is 78.9 Å². The van der Waals surface area contributed by atoms with E-state index < -0.39 is 30.0 Å². The lowest BCUT2D eigenvalue weighted by molar-refractivity contribution is 0.437. The maximum absolute atomic E-state index is 12.5. The quantitative estimate of drug-likeness (QED) is 0.201. The molecule has 0 saturated heterocycles. The molecule has 186 valence electrons. The monoisotopic (exact) mass is 638 g/mol. The molecule has 0 spiro atoms. The second-order valence-corrected chi connectivity index (χ2v) is 13.2. The van der Waals surface area contributed by atoms with Crippen molar-refractivity contribution in [3.63, 3.8) is 0 Å². The third-order valence-electron chi connectivity index (χ3n) is 6.97. The molecule has 0 radical (unpaired) electrons. The standard InChI is InChI=1S/C25H20INO7S2/c26-15-5-7-17-21(12-15)34-25-19-4-2-10-27-9-1-3-14(24(19)27)11-20(25)23(17)18-8-6-16(35(28,29)30)13-22(18)36(31,32)33/h5-8,11-13H,1-4,9-10H2,(H-,28,29,30,31,32,33)/p+1. The highest BCUT2D eigenvalue weighted by molar-refractivity contribution is 14.1. The summed E-state index contributed by atoms with van der Waals surface area (Å²) in [5.74, 6) is 1.21. The first-order valence-electron chi connectivity index (χ1n) is 11.4. The van der Waals surface area contributed by atoms with Gasteiger partial charge >= 0.3 is 0 Å². The zero-order chi connectivity index (χ0) is 25.4. The van der Waals surface area contributed by atoms with Gasteiger partial charge in [0.05, 0.1) is 10.5 Å². The van der Waals surface area contributed by atoms with Crippen molar-refractivity contribution in [1.82, 2.24) is 4.58 Å². The number of halogens is 1. The van der Waals surface area contributed by atoms with Crippen LogP contribution in [-0.4, -0.2) is 39.0 Å². The van der Waals surface area contributed by atoms with Crippen LogP contribution in [0.15, 0.2) is 52.3 Å². The molecular weight excluding hydrogens is 617 g/mol. The van der Waals surface area contributed by atoms with Crippen LogP contribution in [0, 0.1) is 3.57 Å². The highest BCUT2D eigenvalue weighted by Crippen LogP contribution is 2.40. The van der Waals surface area contributed by atoms with E-state index in [4.69, 9.17) is 4.74 Å². The van der Waals surface area contributed by atoms with Gasteiger partial charge in [-0.15, -0.1) is 0 Å². The summed E-state index contributed by atoms with van der Waals surface area (Å²) in [4.78, 5) is -1.22. The number of fused-ring (bicyclic) bond motifs is 3. The molecule has 2 N–H and O–H groups in total. The van der Waals surface area contributed by atoms with E-state index in [1.807, 2.05) is 24.3 Å². The van der Waals surface area contributed by atoms with Crippen LogP contribution in [0.2, 0.25) is 0 Å². The van der Waals surface area contributed by atoms with Crippen LogP contribution in [0.5, 0.6) is 11.5 Å². The fourth-order valence-electron chi connectivity index (χ4n) is 5.55. The van der Waals surface area contributed by atoms with Crippen LogP contribution in [0.3, 0.4) is 0 Å². The Hall–Kier alpha value is -2.32. The van der Waals surface area contributed by atoms with Crippen LogP contribution in [0.4, 0.5) is 0 Å². The van der Waals surface area contributed by atoms with Crippen molar-refractivity contribution >= 4 is 48.4 Å². The van der Waals surface area contributed by atoms with Crippen LogP contribution in [-0.2, 0) is 33.1 Å². The van der Waals surface area contributed by atoms with Crippen molar-refractivity contribution in [3.8, 4) is 11.5 Å². The molecule has 0 atom stereocenters. The summed E-state index contributed by atoms with van der Waals surface area (Å²) in [5.41, 5.74) is 3.53. The highest BCUT2D eigenvalue weighted by Gasteiger charge is 2.33. The van der Waals surface area contributed by atoms with Gasteiger partial charge in [0.2, 0.25) is 5.36 Å². The Morgan fingerprint density at radius 1 is 0.861 bits per heavy atom. The van der Waals surface area contributed by atoms with Crippen molar-refractivity contribution in [2.75, 3.05) is 13.1 Å². The molecule has 3 aliphatic rings. The first-order valence-corrected chi connectivity index (χ1v) is 15.4. The van der Waals surface area contributed by atoms with Crippen molar-refractivity contribution in [1.29, 1.82) is 0 Å². The summed E-state index contributed by atoms with van der Waals surface area (Å²) in [5, 5.41) is 1.89. The van der Waals surface area contributed by atoms with Gasteiger partial charge in [0, 0.05) is 43.9 Å². The fourth-order valence-corrected chi connectivity index (χ4v) is 7.32. The third-order valence-corrected chi connectivity index (χ3v) is 9.38. The number of benzene rings is 3. The number of rotatable bonds is 3. The summed E-state index contributed by atoms with van der Waals surface area (Å²) in [6.45, 7) is 1.96. The van der Waals surface area contributed by atoms with Gasteiger partial charge in [-0.25, -0.2) is 4.58 Å². The molecule has 0 fully saturated rings. The molecule has 0 amide bonds. The smallest absolute Gasteiger partial charge is 0.295 e. The lowest BCUT2D eigenvalue weighted by Gasteiger charge is -2.27. The number of hydrogen-bond acceptors (Lipinski definition) is 5. The average Bonchev–Trinajstić information content (AvgIpc) is 2.82. The van der Waals surface area contributed by atoms with E-state index in [2.05, 4.69) is 27.2 Å². The molecule has 0 bridgehead atoms. The van der Waals surface area contributed by atoms with Crippen molar-refractivity contribution in [2.24, 2.45) is 0 Å². The van der Waals surface area contributed by atoms with Gasteiger partial charge in [-0.2, -0.15) is 16.8 Å². The second-order valence-electron chi connectivity index (χ2n) is 9.16. The van der Waals surface area contributed by atoms with E-state index in [1.165, 1.54) is 11.4 Å². The Morgan fingerprint density at radius 3 is 2.31 bits per heavy atom. The van der Waals surface area contributed by atoms with E-state index in [1.54, 1.807) is 0 Å². The number of aryl methyl sites for hydroxylation is 1. The Kier molecular flexibility index (Phi) is 5.58. The minimum absolute atomic E-state index is 0.132. The zero-order valence-electron chi connectivity index (χ0n) is 18.9. The summed E-state index contributed by atoms with van der Waals surface area (Å²) < 4.78 is 77.9. The van der Waals surface area contributed by atoms with E-state index >= 15 is 0 Å². The molecule has 0 aliphatic carbocycles. The van der Waals surface area contributed by atoms with Crippen molar-refractivity contribution in [2.45, 2.75) is 35.5 Å². The Balaban J connectivity index is 1.81. The van der Waals surface area contributed by atoms with Gasteiger partial charge in [0.1, 0.15) is 29.5 Å². The molecule has 36 heavy (non-hydrogen) atoms. The topological polar surface area (TPSA) is 121 Å². The Morgan fingerprint density at radius 2 is 1.58 bits per heavy atom. The lowest BCUT2D eigenvalue weighted by Crippen LogP contribution is -2.45. The van der Waals surface area contributed by atoms with Crippen LogP contribution >= 0.6 is 22.6 Å². The van der Waals surface area contributed by atoms with E-state index in [0.717, 1.165) is 65.6 Å². The Labute approximate surface area is 221 Å². The molecule has 3 heterocycles. The van der Waals surface area contributed by atoms with Crippen molar-refractivity contribution < 1.29 is 30.7 Å². The minimum atomic E-state index is -4.86. The van der Waals surface area contributed by atoms with Gasteiger partial charge in [-0.3, -0.25) is 9.11 Å². The van der Waals surface area contributed by atoms with E-state index in [0.29, 0.717) is 27.9 Å². The fraction of sp³-hybridized carbons (Fsp3) is 0.240. The minimum Gasteiger partial charge on any atom is -0.455 e. The molecule has 3 aliphatic heterocycles. The molecule has 0 saturated carbocycles. The average molecular weight is 638 g/mol. The number of ether oxygens (including phenoxy) is 1. The zero-order valence-corrected chi connectivity index (χ0v) is 22.7. The third kappa shape index (κ3) is 3.88.